The van der Waals surface area contributed by atoms with E-state index in [0.717, 1.165) is 42.9 Å². The summed E-state index contributed by atoms with van der Waals surface area (Å²) in [7, 11) is 2.20. The van der Waals surface area contributed by atoms with Gasteiger partial charge in [-0.15, -0.1) is 0 Å². The minimum absolute atomic E-state index is 0. The molecule has 1 N–H and O–H groups in total. The molecule has 21 heavy (non-hydrogen) atoms. The van der Waals surface area contributed by atoms with Crippen LogP contribution in [0.3, 0.4) is 0 Å². The molecule has 0 unspecified atom stereocenters. The first-order valence-corrected chi connectivity index (χ1v) is 7.16. The highest BCUT2D eigenvalue weighted by Crippen LogP contribution is 2.16. The molecule has 0 aliphatic carbocycles. The number of hydrogen-bond acceptors (Lipinski definition) is 1. The number of halogens is 2. The van der Waals surface area contributed by atoms with Crippen LogP contribution in [-0.4, -0.2) is 55.2 Å². The van der Waals surface area contributed by atoms with E-state index >= 15 is 0 Å². The number of carbonyl (C=O) groups excluding carboxylic acids is 1. The van der Waals surface area contributed by atoms with E-state index in [1.54, 1.807) is 12.1 Å². The van der Waals surface area contributed by atoms with Crippen LogP contribution in [0, 0.1) is 0 Å². The number of nitrogens with zero attached hydrogens (tertiary/aromatic N) is 2. The monoisotopic (exact) mass is 421 g/mol. The second-order valence-corrected chi connectivity index (χ2v) is 5.90. The highest BCUT2D eigenvalue weighted by Gasteiger charge is 2.29. The third-order valence-corrected chi connectivity index (χ3v) is 3.99. The number of amides is 2. The highest BCUT2D eigenvalue weighted by molar-refractivity contribution is 6.30. The Hall–Kier alpha value is -0.790. The van der Waals surface area contributed by atoms with Crippen molar-refractivity contribution in [2.24, 2.45) is 0 Å². The first-order chi connectivity index (χ1) is 9.52. The summed E-state index contributed by atoms with van der Waals surface area (Å²) in [6, 6.07) is 7.15. The second kappa shape index (κ2) is 8.00. The van der Waals surface area contributed by atoms with Crippen molar-refractivity contribution in [1.82, 2.24) is 4.90 Å². The Morgan fingerprint density at radius 1 is 1.48 bits per heavy atom. The largest absolute Gasteiger partial charge is 1.00 e. The maximum atomic E-state index is 12.2. The van der Waals surface area contributed by atoms with Crippen LogP contribution in [0.4, 0.5) is 10.5 Å². The van der Waals surface area contributed by atoms with Crippen molar-refractivity contribution < 1.29 is 33.3 Å². The Balaban J connectivity index is 0.00000220. The van der Waals surface area contributed by atoms with Gasteiger partial charge in [0.25, 0.3) is 0 Å². The van der Waals surface area contributed by atoms with Crippen LogP contribution in [0.2, 0.25) is 5.02 Å². The molecule has 1 saturated heterocycles. The van der Waals surface area contributed by atoms with Crippen molar-refractivity contribution in [3.63, 3.8) is 0 Å². The van der Waals surface area contributed by atoms with Crippen molar-refractivity contribution in [2.45, 2.75) is 0 Å². The molecular weight excluding hydrogens is 401 g/mol. The third kappa shape index (κ3) is 5.16. The van der Waals surface area contributed by atoms with Crippen LogP contribution in [0.25, 0.3) is 0 Å². The Morgan fingerprint density at radius 3 is 2.71 bits per heavy atom. The lowest BCUT2D eigenvalue weighted by Gasteiger charge is -2.41. The van der Waals surface area contributed by atoms with E-state index in [4.69, 9.17) is 11.6 Å². The number of rotatable bonds is 3. The Kier molecular flexibility index (Phi) is 6.96. The lowest BCUT2D eigenvalue weighted by molar-refractivity contribution is -0.907. The summed E-state index contributed by atoms with van der Waals surface area (Å²) >= 11 is 5.91. The van der Waals surface area contributed by atoms with Crippen LogP contribution in [-0.2, 0) is 0 Å². The lowest BCUT2D eigenvalue weighted by Crippen LogP contribution is -3.00. The van der Waals surface area contributed by atoms with Gasteiger partial charge in [0.2, 0.25) is 0 Å². The maximum Gasteiger partial charge on any atom is 0.322 e. The van der Waals surface area contributed by atoms with Crippen LogP contribution in [0.1, 0.15) is 0 Å². The van der Waals surface area contributed by atoms with Gasteiger partial charge in [0.05, 0.1) is 39.8 Å². The minimum atomic E-state index is -0.0582. The van der Waals surface area contributed by atoms with E-state index in [9.17, 15) is 4.79 Å². The number of likely N-dealkylation sites (N-methyl/N-ethyl adjacent to an activating group) is 1. The Morgan fingerprint density at radius 2 is 2.14 bits per heavy atom. The van der Waals surface area contributed by atoms with E-state index in [1.165, 1.54) is 0 Å². The smallest absolute Gasteiger partial charge is 0.322 e. The molecule has 0 bridgehead atoms. The standard InChI is InChI=1S/C15H20ClN3O.HI/c1-3-9-19(2)10-7-18(8-11-19)15(20)17-14-6-4-5-13(16)12-14;/h3-6,12H,1,7-11H2,2H3;1H. The molecule has 1 aromatic rings. The number of carbonyl (C=O) groups is 1. The number of quaternary nitrogens is 1. The zero-order valence-corrected chi connectivity index (χ0v) is 15.1. The predicted molar refractivity (Wildman–Crippen MR) is 83.0 cm³/mol. The van der Waals surface area contributed by atoms with Crippen LogP contribution in [0.5, 0.6) is 0 Å². The molecule has 1 aromatic carbocycles. The fourth-order valence-corrected chi connectivity index (χ4v) is 2.60. The number of urea groups is 1. The van der Waals surface area contributed by atoms with Gasteiger partial charge in [-0.2, -0.15) is 0 Å². The molecule has 1 aliphatic heterocycles. The third-order valence-electron chi connectivity index (χ3n) is 3.75. The van der Waals surface area contributed by atoms with Crippen molar-refractivity contribution in [2.75, 3.05) is 45.1 Å². The van der Waals surface area contributed by atoms with Gasteiger partial charge >= 0.3 is 6.03 Å². The molecule has 1 heterocycles. The summed E-state index contributed by atoms with van der Waals surface area (Å²) in [5, 5.41) is 3.51. The molecule has 2 amide bonds. The molecule has 116 valence electrons. The molecule has 4 nitrogen and oxygen atoms in total. The number of anilines is 1. The number of hydrogen-bond donors (Lipinski definition) is 1. The van der Waals surface area contributed by atoms with Gasteiger partial charge in [0, 0.05) is 10.7 Å². The molecule has 1 fully saturated rings. The Labute approximate surface area is 148 Å². The number of benzene rings is 1. The molecule has 0 radical (unpaired) electrons. The average molecular weight is 422 g/mol. The van der Waals surface area contributed by atoms with E-state index in [0.29, 0.717) is 5.02 Å². The van der Waals surface area contributed by atoms with Crippen molar-refractivity contribution >= 4 is 23.3 Å². The molecule has 6 heteroatoms. The van der Waals surface area contributed by atoms with Gasteiger partial charge in [0.15, 0.2) is 0 Å². The maximum absolute atomic E-state index is 12.2. The Bertz CT molecular complexity index is 501. The van der Waals surface area contributed by atoms with Gasteiger partial charge < -0.3 is 38.7 Å². The van der Waals surface area contributed by atoms with Crippen molar-refractivity contribution in [3.05, 3.63) is 41.9 Å². The lowest BCUT2D eigenvalue weighted by atomic mass is 10.2. The van der Waals surface area contributed by atoms with Gasteiger partial charge in [0.1, 0.15) is 0 Å². The summed E-state index contributed by atoms with van der Waals surface area (Å²) in [5.74, 6) is 0. The van der Waals surface area contributed by atoms with E-state index in [-0.39, 0.29) is 30.0 Å². The molecule has 0 saturated carbocycles. The fraction of sp³-hybridized carbons (Fsp3) is 0.400. The first kappa shape index (κ1) is 18.3. The normalized spacial score (nSPS) is 16.8. The van der Waals surface area contributed by atoms with Gasteiger partial charge in [-0.1, -0.05) is 24.2 Å². The summed E-state index contributed by atoms with van der Waals surface area (Å²) < 4.78 is 0.949. The van der Waals surface area contributed by atoms with Crippen LogP contribution >= 0.6 is 11.6 Å². The molecule has 0 aromatic heterocycles. The molecule has 1 aliphatic rings. The zero-order valence-electron chi connectivity index (χ0n) is 12.2. The summed E-state index contributed by atoms with van der Waals surface area (Å²) in [6.07, 6.45) is 1.95. The van der Waals surface area contributed by atoms with E-state index in [1.807, 2.05) is 23.1 Å². The zero-order chi connectivity index (χ0) is 14.6. The molecule has 2 rings (SSSR count). The van der Waals surface area contributed by atoms with Gasteiger partial charge in [-0.25, -0.2) is 4.79 Å². The van der Waals surface area contributed by atoms with Gasteiger partial charge in [-0.3, -0.25) is 0 Å². The van der Waals surface area contributed by atoms with E-state index < -0.39 is 0 Å². The molecule has 0 atom stereocenters. The predicted octanol–water partition coefficient (Wildman–Crippen LogP) is -0.176. The minimum Gasteiger partial charge on any atom is -1.00 e. The topological polar surface area (TPSA) is 32.3 Å². The summed E-state index contributed by atoms with van der Waals surface area (Å²) in [5.41, 5.74) is 0.733. The highest BCUT2D eigenvalue weighted by atomic mass is 127. The van der Waals surface area contributed by atoms with Crippen molar-refractivity contribution in [1.29, 1.82) is 0 Å². The number of nitrogens with one attached hydrogen (secondary N) is 1. The SMILES string of the molecule is C=CC[N+]1(C)CCN(C(=O)Nc2cccc(Cl)c2)CC1.[I-]. The second-order valence-electron chi connectivity index (χ2n) is 5.47. The first-order valence-electron chi connectivity index (χ1n) is 6.78. The van der Waals surface area contributed by atoms with Gasteiger partial charge in [-0.05, 0) is 24.3 Å². The summed E-state index contributed by atoms with van der Waals surface area (Å²) in [6.45, 7) is 8.17. The molecule has 0 spiro atoms. The number of piperazine rings is 1. The fourth-order valence-electron chi connectivity index (χ4n) is 2.41. The van der Waals surface area contributed by atoms with E-state index in [2.05, 4.69) is 18.9 Å². The summed E-state index contributed by atoms with van der Waals surface area (Å²) in [4.78, 5) is 14.0. The van der Waals surface area contributed by atoms with Crippen molar-refractivity contribution in [3.8, 4) is 0 Å². The quantitative estimate of drug-likeness (QED) is 0.410. The van der Waals surface area contributed by atoms with Crippen LogP contribution in [0.15, 0.2) is 36.9 Å². The average Bonchev–Trinajstić information content (AvgIpc) is 2.39. The molecular formula is C15H21ClIN3O. The van der Waals surface area contributed by atoms with Crippen LogP contribution < -0.4 is 29.3 Å².